The molecule has 0 saturated carbocycles. The molecule has 0 aliphatic carbocycles. The number of hydrogen-bond donors (Lipinski definition) is 1. The van der Waals surface area contributed by atoms with Crippen molar-refractivity contribution in [2.24, 2.45) is 0 Å². The topological polar surface area (TPSA) is 33.9 Å². The van der Waals surface area contributed by atoms with Crippen LogP contribution in [0.25, 0.3) is 11.0 Å². The summed E-state index contributed by atoms with van der Waals surface area (Å²) in [4.78, 5) is 3.10. The first-order valence-corrected chi connectivity index (χ1v) is 7.19. The predicted octanol–water partition coefficient (Wildman–Crippen LogP) is 4.64. The van der Waals surface area contributed by atoms with Crippen LogP contribution in [0.1, 0.15) is 18.7 Å². The number of rotatable bonds is 2. The van der Waals surface area contributed by atoms with Crippen molar-refractivity contribution >= 4 is 45.8 Å². The summed E-state index contributed by atoms with van der Waals surface area (Å²) in [5.41, 5.74) is 1.57. The molecule has 3 nitrogen and oxygen atoms in total. The lowest BCUT2D eigenvalue weighted by molar-refractivity contribution is 0.448. The summed E-state index contributed by atoms with van der Waals surface area (Å²) in [5, 5.41) is 0. The molecule has 3 aromatic rings. The monoisotopic (exact) mass is 388 g/mol. The number of H-pyrrole nitrogens is 1. The second kappa shape index (κ2) is 4.75. The quantitative estimate of drug-likeness (QED) is 0.513. The highest BCUT2D eigenvalue weighted by Crippen LogP contribution is 2.27. The number of aromatic nitrogens is 2. The minimum Gasteiger partial charge on any atom is -0.467 e. The zero-order valence-corrected chi connectivity index (χ0v) is 13.0. The van der Waals surface area contributed by atoms with E-state index in [0.29, 0.717) is 8.34 Å². The molecule has 1 aromatic carbocycles. The molecule has 1 atom stereocenters. The number of benzene rings is 1. The molecule has 0 amide bonds. The fraction of sp³-hybridized carbons (Fsp3) is 0.154. The Morgan fingerprint density at radius 2 is 2.26 bits per heavy atom. The Hall–Kier alpha value is -1.15. The van der Waals surface area contributed by atoms with Gasteiger partial charge in [-0.3, -0.25) is 0 Å². The molecule has 0 aliphatic heterocycles. The van der Waals surface area contributed by atoms with Gasteiger partial charge < -0.3 is 14.0 Å². The highest BCUT2D eigenvalue weighted by Gasteiger charge is 2.16. The lowest BCUT2D eigenvalue weighted by Gasteiger charge is -2.12. The number of furan rings is 1. The summed E-state index contributed by atoms with van der Waals surface area (Å²) in [6, 6.07) is 6.88. The number of hydrogen-bond acceptors (Lipinski definition) is 2. The Morgan fingerprint density at radius 3 is 2.95 bits per heavy atom. The molecule has 0 spiro atoms. The Morgan fingerprint density at radius 1 is 1.47 bits per heavy atom. The lowest BCUT2D eigenvalue weighted by atomic mass is 10.2. The van der Waals surface area contributed by atoms with Gasteiger partial charge in [0.15, 0.2) is 4.77 Å². The molecule has 2 aromatic heterocycles. The number of nitrogens with zero attached hydrogens (tertiary/aromatic N) is 1. The van der Waals surface area contributed by atoms with Crippen LogP contribution in [0.3, 0.4) is 0 Å². The Kier molecular flexibility index (Phi) is 3.22. The zero-order chi connectivity index (χ0) is 13.6. The highest BCUT2D eigenvalue weighted by atomic mass is 127. The summed E-state index contributed by atoms with van der Waals surface area (Å²) in [6.07, 6.45) is 1.62. The minimum atomic E-state index is -0.248. The molecule has 0 bridgehead atoms. The summed E-state index contributed by atoms with van der Waals surface area (Å²) >= 11 is 7.30. The molecular weight excluding hydrogens is 378 g/mol. The molecule has 1 N–H and O–H groups in total. The van der Waals surface area contributed by atoms with Crippen LogP contribution in [0.5, 0.6) is 0 Å². The van der Waals surface area contributed by atoms with Gasteiger partial charge in [-0.15, -0.1) is 0 Å². The molecule has 3 rings (SSSR count). The molecular formula is C13H10FIN2OS. The first-order chi connectivity index (χ1) is 9.08. The van der Waals surface area contributed by atoms with Crippen molar-refractivity contribution in [2.45, 2.75) is 13.0 Å². The normalized spacial score (nSPS) is 13.0. The largest absolute Gasteiger partial charge is 0.467 e. The van der Waals surface area contributed by atoms with Gasteiger partial charge in [-0.1, -0.05) is 0 Å². The van der Waals surface area contributed by atoms with Gasteiger partial charge in [-0.2, -0.15) is 0 Å². The van der Waals surface area contributed by atoms with Crippen molar-refractivity contribution in [2.75, 3.05) is 0 Å². The highest BCUT2D eigenvalue weighted by molar-refractivity contribution is 14.1. The van der Waals surface area contributed by atoms with Crippen molar-refractivity contribution < 1.29 is 8.81 Å². The molecule has 6 heteroatoms. The maximum Gasteiger partial charge on any atom is 0.178 e. The molecule has 2 heterocycles. The van der Waals surface area contributed by atoms with Crippen LogP contribution in [0.2, 0.25) is 0 Å². The summed E-state index contributed by atoms with van der Waals surface area (Å²) in [5.74, 6) is 0.540. The van der Waals surface area contributed by atoms with E-state index < -0.39 is 0 Å². The lowest BCUT2D eigenvalue weighted by Crippen LogP contribution is -2.06. The first-order valence-electron chi connectivity index (χ1n) is 5.70. The van der Waals surface area contributed by atoms with Gasteiger partial charge in [0, 0.05) is 6.07 Å². The van der Waals surface area contributed by atoms with Crippen LogP contribution in [-0.4, -0.2) is 9.55 Å². The number of aromatic amines is 1. The number of halogens is 2. The zero-order valence-electron chi connectivity index (χ0n) is 9.98. The van der Waals surface area contributed by atoms with Crippen LogP contribution in [-0.2, 0) is 0 Å². The second-order valence-corrected chi connectivity index (χ2v) is 5.82. The molecule has 0 saturated heterocycles. The van der Waals surface area contributed by atoms with Gasteiger partial charge >= 0.3 is 0 Å². The maximum atomic E-state index is 13.8. The van der Waals surface area contributed by atoms with E-state index in [0.717, 1.165) is 16.8 Å². The molecule has 0 radical (unpaired) electrons. The van der Waals surface area contributed by atoms with Crippen LogP contribution < -0.4 is 0 Å². The smallest absolute Gasteiger partial charge is 0.178 e. The van der Waals surface area contributed by atoms with Crippen molar-refractivity contribution in [3.63, 3.8) is 0 Å². The SMILES string of the molecule is CC(c1ccco1)n1c(=S)[nH]c2cc(I)c(F)cc21. The van der Waals surface area contributed by atoms with E-state index in [1.165, 1.54) is 6.07 Å². The van der Waals surface area contributed by atoms with E-state index in [1.54, 1.807) is 12.3 Å². The third-order valence-corrected chi connectivity index (χ3v) is 4.23. The molecule has 0 fully saturated rings. The second-order valence-electron chi connectivity index (χ2n) is 4.28. The number of fused-ring (bicyclic) bond motifs is 1. The van der Waals surface area contributed by atoms with E-state index in [9.17, 15) is 4.39 Å². The third kappa shape index (κ3) is 2.12. The fourth-order valence-electron chi connectivity index (χ4n) is 2.16. The third-order valence-electron chi connectivity index (χ3n) is 3.10. The summed E-state index contributed by atoms with van der Waals surface area (Å²) in [6.45, 7) is 1.97. The number of nitrogens with one attached hydrogen (secondary N) is 1. The average molecular weight is 388 g/mol. The standard InChI is InChI=1S/C13H10FIN2OS/c1-7(12-3-2-4-18-12)17-11-5-8(14)9(15)6-10(11)16-13(17)19/h2-7H,1H3,(H,16,19). The van der Waals surface area contributed by atoms with Crippen molar-refractivity contribution in [3.8, 4) is 0 Å². The molecule has 19 heavy (non-hydrogen) atoms. The summed E-state index contributed by atoms with van der Waals surface area (Å²) in [7, 11) is 0. The van der Waals surface area contributed by atoms with E-state index in [4.69, 9.17) is 16.6 Å². The first kappa shape index (κ1) is 12.9. The maximum absolute atomic E-state index is 13.8. The Labute approximate surface area is 127 Å². The van der Waals surface area contributed by atoms with Crippen molar-refractivity contribution in [1.82, 2.24) is 9.55 Å². The number of imidazole rings is 1. The molecule has 98 valence electrons. The van der Waals surface area contributed by atoms with Crippen molar-refractivity contribution in [1.29, 1.82) is 0 Å². The van der Waals surface area contributed by atoms with E-state index >= 15 is 0 Å². The van der Waals surface area contributed by atoms with E-state index in [-0.39, 0.29) is 11.9 Å². The van der Waals surface area contributed by atoms with E-state index in [1.807, 2.05) is 46.2 Å². The van der Waals surface area contributed by atoms with Crippen molar-refractivity contribution in [3.05, 3.63) is 50.4 Å². The average Bonchev–Trinajstić information content (AvgIpc) is 2.97. The van der Waals surface area contributed by atoms with Gasteiger partial charge in [-0.25, -0.2) is 4.39 Å². The van der Waals surface area contributed by atoms with Crippen LogP contribution in [0.4, 0.5) is 4.39 Å². The Bertz CT molecular complexity index is 791. The molecule has 0 aliphatic rings. The van der Waals surface area contributed by atoms with Crippen LogP contribution >= 0.6 is 34.8 Å². The summed E-state index contributed by atoms with van der Waals surface area (Å²) < 4.78 is 22.1. The van der Waals surface area contributed by atoms with Gasteiger partial charge in [0.05, 0.1) is 26.9 Å². The van der Waals surface area contributed by atoms with Gasteiger partial charge in [0.2, 0.25) is 0 Å². The predicted molar refractivity (Wildman–Crippen MR) is 82.3 cm³/mol. The van der Waals surface area contributed by atoms with Gasteiger partial charge in [0.25, 0.3) is 0 Å². The Balaban J connectivity index is 2.26. The molecule has 1 unspecified atom stereocenters. The fourth-order valence-corrected chi connectivity index (χ4v) is 2.99. The van der Waals surface area contributed by atoms with E-state index in [2.05, 4.69) is 4.98 Å². The minimum absolute atomic E-state index is 0.0873. The van der Waals surface area contributed by atoms with Gasteiger partial charge in [0.1, 0.15) is 11.6 Å². The van der Waals surface area contributed by atoms with Crippen LogP contribution in [0, 0.1) is 14.2 Å². The van der Waals surface area contributed by atoms with Gasteiger partial charge in [-0.05, 0) is 59.9 Å². The van der Waals surface area contributed by atoms with Crippen LogP contribution in [0.15, 0.2) is 34.9 Å².